The molecular weight excluding hydrogens is 594 g/mol. The highest BCUT2D eigenvalue weighted by molar-refractivity contribution is 5.97. The minimum atomic E-state index is -1.26. The highest BCUT2D eigenvalue weighted by Crippen LogP contribution is 2.30. The molecule has 0 aromatic heterocycles. The normalized spacial score (nSPS) is 28.4. The molecule has 4 N–H and O–H groups in total. The van der Waals surface area contributed by atoms with Crippen molar-refractivity contribution in [2.24, 2.45) is 0 Å². The van der Waals surface area contributed by atoms with Gasteiger partial charge in [-0.15, -0.1) is 0 Å². The first kappa shape index (κ1) is 31.1. The van der Waals surface area contributed by atoms with Crippen LogP contribution in [0.3, 0.4) is 0 Å². The quantitative estimate of drug-likeness (QED) is 0.369. The third-order valence-electron chi connectivity index (χ3n) is 9.19. The molecule has 0 aliphatic carbocycles. The molecule has 2 aromatic rings. The molecule has 2 aromatic carbocycles. The molecule has 13 nitrogen and oxygen atoms in total. The molecule has 5 heterocycles. The number of hydrogen-bond acceptors (Lipinski definition) is 7. The average Bonchev–Trinajstić information content (AvgIpc) is 3.81. The van der Waals surface area contributed by atoms with Crippen LogP contribution in [0.15, 0.2) is 54.6 Å². The topological polar surface area (TPSA) is 174 Å². The zero-order chi connectivity index (χ0) is 32.4. The second-order valence-corrected chi connectivity index (χ2v) is 12.3. The summed E-state index contributed by atoms with van der Waals surface area (Å²) in [5.41, 5.74) is 1.39. The molecule has 0 radical (unpaired) electrons. The van der Waals surface area contributed by atoms with Crippen molar-refractivity contribution in [3.05, 3.63) is 65.7 Å². The summed E-state index contributed by atoms with van der Waals surface area (Å²) in [4.78, 5) is 82.4. The standard InChI is InChI=1S/C33H37N5O8/c39-27-13-12-22(34-27)31(42)38-16-14-26-28(38)32(43)37-15-4-7-25(37)30(41)35-23(17-19-5-2-1-3-6-19)29(40)36-24(33(44)45)18-20-8-10-21(46-26)11-9-20/h1-3,5-6,8-11,22-26,28H,4,7,12-18H2,(H,34,39)(H,35,41)(H,36,40)(H,44,45). The number of fused-ring (bicyclic) bond motifs is 8. The molecular formula is C33H37N5O8. The first-order valence-electron chi connectivity index (χ1n) is 15.7. The maximum absolute atomic E-state index is 14.3. The van der Waals surface area contributed by atoms with Crippen LogP contribution in [0.4, 0.5) is 0 Å². The number of benzene rings is 2. The van der Waals surface area contributed by atoms with Crippen LogP contribution in [0.5, 0.6) is 5.75 Å². The first-order chi connectivity index (χ1) is 22.2. The van der Waals surface area contributed by atoms with E-state index in [0.717, 1.165) is 5.56 Å². The Morgan fingerprint density at radius 1 is 0.848 bits per heavy atom. The number of carboxylic acid groups (broad SMARTS) is 1. The van der Waals surface area contributed by atoms with Crippen molar-refractivity contribution in [2.45, 2.75) is 81.3 Å². The summed E-state index contributed by atoms with van der Waals surface area (Å²) in [6, 6.07) is 10.7. The highest BCUT2D eigenvalue weighted by atomic mass is 16.5. The van der Waals surface area contributed by atoms with Gasteiger partial charge in [0.1, 0.15) is 42.1 Å². The van der Waals surface area contributed by atoms with Crippen molar-refractivity contribution < 1.29 is 38.6 Å². The van der Waals surface area contributed by atoms with Gasteiger partial charge in [-0.05, 0) is 42.5 Å². The number of ether oxygens (including phenoxy) is 1. The lowest BCUT2D eigenvalue weighted by atomic mass is 10.0. The fourth-order valence-corrected chi connectivity index (χ4v) is 6.81. The predicted octanol–water partition coefficient (Wildman–Crippen LogP) is 0.158. The van der Waals surface area contributed by atoms with E-state index < -0.39 is 60.0 Å². The third-order valence-corrected chi connectivity index (χ3v) is 9.19. The molecule has 3 fully saturated rings. The summed E-state index contributed by atoms with van der Waals surface area (Å²) in [5.74, 6) is -3.02. The van der Waals surface area contributed by atoms with Gasteiger partial charge in [-0.3, -0.25) is 24.0 Å². The van der Waals surface area contributed by atoms with E-state index in [9.17, 15) is 33.9 Å². The average molecular weight is 632 g/mol. The predicted molar refractivity (Wildman–Crippen MR) is 162 cm³/mol. The van der Waals surface area contributed by atoms with E-state index in [-0.39, 0.29) is 44.2 Å². The summed E-state index contributed by atoms with van der Waals surface area (Å²) in [5, 5.41) is 18.1. The summed E-state index contributed by atoms with van der Waals surface area (Å²) < 4.78 is 6.29. The summed E-state index contributed by atoms with van der Waals surface area (Å²) >= 11 is 0. The zero-order valence-electron chi connectivity index (χ0n) is 25.2. The molecule has 5 aliphatic rings. The Bertz CT molecular complexity index is 1520. The summed E-state index contributed by atoms with van der Waals surface area (Å²) in [7, 11) is 0. The number of rotatable bonds is 4. The van der Waals surface area contributed by atoms with Gasteiger partial charge in [-0.2, -0.15) is 0 Å². The molecule has 0 saturated carbocycles. The molecule has 242 valence electrons. The van der Waals surface area contributed by atoms with Gasteiger partial charge in [0.15, 0.2) is 0 Å². The van der Waals surface area contributed by atoms with Crippen LogP contribution in [0, 0.1) is 0 Å². The number of hydrogen-bond donors (Lipinski definition) is 4. The van der Waals surface area contributed by atoms with Gasteiger partial charge in [-0.25, -0.2) is 4.79 Å². The van der Waals surface area contributed by atoms with Gasteiger partial charge in [0, 0.05) is 38.8 Å². The number of aliphatic carboxylic acids is 1. The lowest BCUT2D eigenvalue weighted by molar-refractivity contribution is -0.149. The van der Waals surface area contributed by atoms with E-state index in [2.05, 4.69) is 16.0 Å². The Hall–Kier alpha value is -4.94. The zero-order valence-corrected chi connectivity index (χ0v) is 25.2. The van der Waals surface area contributed by atoms with Crippen LogP contribution in [0.2, 0.25) is 0 Å². The van der Waals surface area contributed by atoms with E-state index in [0.29, 0.717) is 37.0 Å². The van der Waals surface area contributed by atoms with Crippen LogP contribution in [-0.4, -0.2) is 99.8 Å². The minimum Gasteiger partial charge on any atom is -0.488 e. The third kappa shape index (κ3) is 6.53. The monoisotopic (exact) mass is 631 g/mol. The van der Waals surface area contributed by atoms with Gasteiger partial charge >= 0.3 is 5.97 Å². The second-order valence-electron chi connectivity index (χ2n) is 12.3. The summed E-state index contributed by atoms with van der Waals surface area (Å²) in [6.45, 7) is 0.502. The lowest BCUT2D eigenvalue weighted by Crippen LogP contribution is -2.60. The number of carbonyl (C=O) groups excluding carboxylic acids is 5. The van der Waals surface area contributed by atoms with E-state index >= 15 is 0 Å². The number of carboxylic acids is 1. The van der Waals surface area contributed by atoms with Crippen molar-refractivity contribution in [1.82, 2.24) is 25.8 Å². The van der Waals surface area contributed by atoms with Crippen LogP contribution in [0.1, 0.15) is 43.2 Å². The number of nitrogens with zero attached hydrogens (tertiary/aromatic N) is 2. The molecule has 0 spiro atoms. The minimum absolute atomic E-state index is 0.0102. The Labute approximate surface area is 265 Å². The number of amides is 5. The van der Waals surface area contributed by atoms with E-state index in [1.807, 2.05) is 18.2 Å². The maximum atomic E-state index is 14.3. The number of nitrogens with one attached hydrogen (secondary N) is 3. The Balaban J connectivity index is 1.35. The maximum Gasteiger partial charge on any atom is 0.326 e. The Morgan fingerprint density at radius 3 is 2.30 bits per heavy atom. The van der Waals surface area contributed by atoms with Crippen LogP contribution >= 0.6 is 0 Å². The fourth-order valence-electron chi connectivity index (χ4n) is 6.81. The highest BCUT2D eigenvalue weighted by Gasteiger charge is 2.50. The smallest absolute Gasteiger partial charge is 0.326 e. The van der Waals surface area contributed by atoms with E-state index in [1.165, 1.54) is 9.80 Å². The second kappa shape index (κ2) is 13.2. The molecule has 5 amide bonds. The molecule has 5 aliphatic heterocycles. The fraction of sp³-hybridized carbons (Fsp3) is 0.455. The molecule has 46 heavy (non-hydrogen) atoms. The lowest BCUT2D eigenvalue weighted by Gasteiger charge is -2.34. The van der Waals surface area contributed by atoms with Crippen LogP contribution in [0.25, 0.3) is 0 Å². The van der Waals surface area contributed by atoms with Crippen molar-refractivity contribution in [1.29, 1.82) is 0 Å². The van der Waals surface area contributed by atoms with Crippen LogP contribution in [-0.2, 0) is 41.6 Å². The SMILES string of the molecule is O=C1CCC(C(=O)N2CCC3Oc4ccc(cc4)CC(C(=O)O)NC(=O)C(Cc4ccccc4)NC(=O)C4CCCN4C(=O)C32)N1. The molecule has 2 bridgehead atoms. The largest absolute Gasteiger partial charge is 0.488 e. The molecule has 6 atom stereocenters. The van der Waals surface area contributed by atoms with Gasteiger partial charge < -0.3 is 35.6 Å². The van der Waals surface area contributed by atoms with Gasteiger partial charge in [-0.1, -0.05) is 42.5 Å². The van der Waals surface area contributed by atoms with Crippen molar-refractivity contribution in [2.75, 3.05) is 13.1 Å². The molecule has 7 rings (SSSR count). The van der Waals surface area contributed by atoms with Crippen molar-refractivity contribution in [3.8, 4) is 5.75 Å². The van der Waals surface area contributed by atoms with Crippen molar-refractivity contribution >= 4 is 35.5 Å². The van der Waals surface area contributed by atoms with Crippen molar-refractivity contribution in [3.63, 3.8) is 0 Å². The molecule has 3 saturated heterocycles. The number of carbonyl (C=O) groups is 6. The number of likely N-dealkylation sites (tertiary alicyclic amines) is 1. The first-order valence-corrected chi connectivity index (χ1v) is 15.7. The van der Waals surface area contributed by atoms with Gasteiger partial charge in [0.25, 0.3) is 0 Å². The van der Waals surface area contributed by atoms with Crippen LogP contribution < -0.4 is 20.7 Å². The Kier molecular flexibility index (Phi) is 8.91. The van der Waals surface area contributed by atoms with Gasteiger partial charge in [0.05, 0.1) is 0 Å². The van der Waals surface area contributed by atoms with E-state index in [1.54, 1.807) is 36.4 Å². The summed E-state index contributed by atoms with van der Waals surface area (Å²) in [6.07, 6.45) is 1.17. The Morgan fingerprint density at radius 2 is 1.61 bits per heavy atom. The van der Waals surface area contributed by atoms with Gasteiger partial charge in [0.2, 0.25) is 29.5 Å². The molecule has 6 unspecified atom stereocenters. The molecule has 13 heteroatoms. The van der Waals surface area contributed by atoms with E-state index in [4.69, 9.17) is 4.74 Å².